The van der Waals surface area contributed by atoms with Crippen molar-refractivity contribution in [1.82, 2.24) is 0 Å². The van der Waals surface area contributed by atoms with Gasteiger partial charge in [-0.2, -0.15) is 0 Å². The zero-order valence-electron chi connectivity index (χ0n) is 11.1. The van der Waals surface area contributed by atoms with E-state index in [4.69, 9.17) is 5.73 Å². The molecule has 0 bridgehead atoms. The molecule has 19 heavy (non-hydrogen) atoms. The normalized spacial score (nSPS) is 10.5. The lowest BCUT2D eigenvalue weighted by molar-refractivity contribution is -0.123. The van der Waals surface area contributed by atoms with Gasteiger partial charge in [0, 0.05) is 11.0 Å². The summed E-state index contributed by atoms with van der Waals surface area (Å²) < 4.78 is 0. The van der Waals surface area contributed by atoms with Gasteiger partial charge >= 0.3 is 0 Å². The standard InChI is InChI=1S/C14H20N2O2.CH4/c1-14(2,3)13(18)16-12-5-4-10(6-7-15)8-11(12)9-17;/h4-5,8-9H,6-7,15H2,1-3H3,(H,16,18);1H4. The second-order valence-electron chi connectivity index (χ2n) is 5.28. The number of carbonyl (C=O) groups is 2. The number of nitrogens with one attached hydrogen (secondary N) is 1. The Morgan fingerprint density at radius 3 is 2.47 bits per heavy atom. The number of aldehydes is 1. The second kappa shape index (κ2) is 7.04. The van der Waals surface area contributed by atoms with Gasteiger partial charge in [-0.05, 0) is 30.7 Å². The summed E-state index contributed by atoms with van der Waals surface area (Å²) in [6.45, 7) is 6.01. The van der Waals surface area contributed by atoms with Crippen LogP contribution in [0.3, 0.4) is 0 Å². The van der Waals surface area contributed by atoms with E-state index in [1.165, 1.54) is 0 Å². The molecule has 0 aliphatic heterocycles. The van der Waals surface area contributed by atoms with E-state index >= 15 is 0 Å². The molecule has 106 valence electrons. The van der Waals surface area contributed by atoms with Crippen molar-refractivity contribution in [3.05, 3.63) is 29.3 Å². The fourth-order valence-corrected chi connectivity index (χ4v) is 1.46. The zero-order chi connectivity index (χ0) is 13.8. The van der Waals surface area contributed by atoms with Crippen molar-refractivity contribution < 1.29 is 9.59 Å². The Balaban J connectivity index is 0.00000324. The number of anilines is 1. The Kier molecular flexibility index (Phi) is 6.42. The number of hydrogen-bond donors (Lipinski definition) is 2. The van der Waals surface area contributed by atoms with Crippen LogP contribution >= 0.6 is 0 Å². The zero-order valence-corrected chi connectivity index (χ0v) is 11.1. The Labute approximate surface area is 115 Å². The summed E-state index contributed by atoms with van der Waals surface area (Å²) >= 11 is 0. The number of amides is 1. The predicted octanol–water partition coefficient (Wildman–Crippen LogP) is 2.62. The van der Waals surface area contributed by atoms with Crippen molar-refractivity contribution in [3.63, 3.8) is 0 Å². The van der Waals surface area contributed by atoms with E-state index in [0.717, 1.165) is 11.8 Å². The van der Waals surface area contributed by atoms with E-state index in [0.29, 0.717) is 24.2 Å². The number of benzene rings is 1. The molecule has 0 saturated heterocycles. The van der Waals surface area contributed by atoms with E-state index < -0.39 is 5.41 Å². The number of nitrogens with two attached hydrogens (primary N) is 1. The van der Waals surface area contributed by atoms with E-state index in [1.807, 2.05) is 26.8 Å². The summed E-state index contributed by atoms with van der Waals surface area (Å²) in [7, 11) is 0. The molecular weight excluding hydrogens is 240 g/mol. The fourth-order valence-electron chi connectivity index (χ4n) is 1.46. The van der Waals surface area contributed by atoms with Crippen LogP contribution in [-0.2, 0) is 11.2 Å². The highest BCUT2D eigenvalue weighted by Gasteiger charge is 2.21. The van der Waals surface area contributed by atoms with E-state index in [2.05, 4.69) is 5.32 Å². The lowest BCUT2D eigenvalue weighted by Crippen LogP contribution is -2.28. The van der Waals surface area contributed by atoms with Crippen molar-refractivity contribution >= 4 is 17.9 Å². The third kappa shape index (κ3) is 4.83. The molecule has 0 aromatic heterocycles. The minimum atomic E-state index is -0.490. The highest BCUT2D eigenvalue weighted by atomic mass is 16.2. The average molecular weight is 264 g/mol. The Morgan fingerprint density at radius 1 is 1.37 bits per heavy atom. The third-order valence-electron chi connectivity index (χ3n) is 2.61. The van der Waals surface area contributed by atoms with Crippen LogP contribution in [-0.4, -0.2) is 18.7 Å². The third-order valence-corrected chi connectivity index (χ3v) is 2.61. The van der Waals surface area contributed by atoms with Gasteiger partial charge in [-0.1, -0.05) is 34.3 Å². The number of carbonyl (C=O) groups excluding carboxylic acids is 2. The van der Waals surface area contributed by atoms with Gasteiger partial charge in [-0.3, -0.25) is 9.59 Å². The molecule has 0 heterocycles. The maximum atomic E-state index is 11.9. The fraction of sp³-hybridized carbons (Fsp3) is 0.467. The summed E-state index contributed by atoms with van der Waals surface area (Å²) in [5.74, 6) is -0.114. The molecule has 0 saturated carbocycles. The van der Waals surface area contributed by atoms with Crippen molar-refractivity contribution in [3.8, 4) is 0 Å². The lowest BCUT2D eigenvalue weighted by Gasteiger charge is -2.18. The molecule has 0 fully saturated rings. The monoisotopic (exact) mass is 264 g/mol. The van der Waals surface area contributed by atoms with Crippen LogP contribution in [0.25, 0.3) is 0 Å². The van der Waals surface area contributed by atoms with Gasteiger partial charge in [0.15, 0.2) is 6.29 Å². The van der Waals surface area contributed by atoms with Crippen LogP contribution in [0.15, 0.2) is 18.2 Å². The van der Waals surface area contributed by atoms with E-state index in [-0.39, 0.29) is 13.3 Å². The molecule has 4 nitrogen and oxygen atoms in total. The second-order valence-corrected chi connectivity index (χ2v) is 5.28. The van der Waals surface area contributed by atoms with Crippen LogP contribution in [0.2, 0.25) is 0 Å². The van der Waals surface area contributed by atoms with E-state index in [9.17, 15) is 9.59 Å². The largest absolute Gasteiger partial charge is 0.330 e. The quantitative estimate of drug-likeness (QED) is 0.821. The molecular formula is C15H24N2O2. The highest BCUT2D eigenvalue weighted by Crippen LogP contribution is 2.20. The highest BCUT2D eigenvalue weighted by molar-refractivity contribution is 5.98. The van der Waals surface area contributed by atoms with Crippen molar-refractivity contribution in [2.45, 2.75) is 34.6 Å². The van der Waals surface area contributed by atoms with Crippen LogP contribution in [0.5, 0.6) is 0 Å². The summed E-state index contributed by atoms with van der Waals surface area (Å²) in [5, 5.41) is 2.77. The first-order chi connectivity index (χ1) is 8.38. The molecule has 1 rings (SSSR count). The first-order valence-electron chi connectivity index (χ1n) is 5.98. The Bertz CT molecular complexity index is 448. The van der Waals surface area contributed by atoms with Gasteiger partial charge in [0.2, 0.25) is 5.91 Å². The molecule has 0 unspecified atom stereocenters. The maximum absolute atomic E-state index is 11.9. The molecule has 1 aromatic carbocycles. The van der Waals surface area contributed by atoms with Gasteiger partial charge in [-0.25, -0.2) is 0 Å². The molecule has 4 heteroatoms. The maximum Gasteiger partial charge on any atom is 0.229 e. The SMILES string of the molecule is C.CC(C)(C)C(=O)Nc1ccc(CCN)cc1C=O. The topological polar surface area (TPSA) is 72.2 Å². The van der Waals surface area contributed by atoms with Crippen molar-refractivity contribution in [2.24, 2.45) is 11.1 Å². The number of hydrogen-bond acceptors (Lipinski definition) is 3. The molecule has 1 amide bonds. The van der Waals surface area contributed by atoms with Gasteiger partial charge in [-0.15, -0.1) is 0 Å². The van der Waals surface area contributed by atoms with Gasteiger partial charge in [0.05, 0.1) is 5.69 Å². The Hall–Kier alpha value is -1.68. The minimum Gasteiger partial charge on any atom is -0.330 e. The molecule has 1 aromatic rings. The van der Waals surface area contributed by atoms with Gasteiger partial charge in [0.1, 0.15) is 0 Å². The van der Waals surface area contributed by atoms with E-state index in [1.54, 1.807) is 12.1 Å². The first kappa shape index (κ1) is 17.3. The van der Waals surface area contributed by atoms with Crippen molar-refractivity contribution in [1.29, 1.82) is 0 Å². The summed E-state index contributed by atoms with van der Waals surface area (Å²) in [4.78, 5) is 22.9. The van der Waals surface area contributed by atoms with Crippen LogP contribution in [0.4, 0.5) is 5.69 Å². The summed E-state index contributed by atoms with van der Waals surface area (Å²) in [5.41, 5.74) is 7.01. The number of rotatable bonds is 4. The van der Waals surface area contributed by atoms with Crippen LogP contribution in [0, 0.1) is 5.41 Å². The molecule has 0 radical (unpaired) electrons. The first-order valence-corrected chi connectivity index (χ1v) is 5.98. The predicted molar refractivity (Wildman–Crippen MR) is 79.4 cm³/mol. The van der Waals surface area contributed by atoms with Crippen LogP contribution in [0.1, 0.15) is 44.1 Å². The molecule has 3 N–H and O–H groups in total. The van der Waals surface area contributed by atoms with Crippen molar-refractivity contribution in [2.75, 3.05) is 11.9 Å². The molecule has 0 spiro atoms. The smallest absolute Gasteiger partial charge is 0.229 e. The minimum absolute atomic E-state index is 0. The lowest BCUT2D eigenvalue weighted by atomic mass is 9.95. The van der Waals surface area contributed by atoms with Gasteiger partial charge < -0.3 is 11.1 Å². The average Bonchev–Trinajstić information content (AvgIpc) is 2.30. The summed E-state index contributed by atoms with van der Waals surface area (Å²) in [6.07, 6.45) is 1.46. The van der Waals surface area contributed by atoms with Gasteiger partial charge in [0.25, 0.3) is 0 Å². The summed E-state index contributed by atoms with van der Waals surface area (Å²) in [6, 6.07) is 5.38. The molecule has 0 aliphatic carbocycles. The Morgan fingerprint density at radius 2 is 2.00 bits per heavy atom. The molecule has 0 aliphatic rings. The molecule has 0 atom stereocenters. The van der Waals surface area contributed by atoms with Crippen LogP contribution < -0.4 is 11.1 Å².